The van der Waals surface area contributed by atoms with Crippen molar-refractivity contribution in [3.63, 3.8) is 0 Å². The van der Waals surface area contributed by atoms with Gasteiger partial charge in [-0.05, 0) is 68.5 Å². The van der Waals surface area contributed by atoms with E-state index in [0.29, 0.717) is 11.1 Å². The van der Waals surface area contributed by atoms with Crippen molar-refractivity contribution >= 4 is 29.0 Å². The number of aliphatic carboxylic acids is 1. The normalized spacial score (nSPS) is 19.8. The van der Waals surface area contributed by atoms with Gasteiger partial charge in [0.05, 0.1) is 17.7 Å². The van der Waals surface area contributed by atoms with E-state index in [1.165, 1.54) is 24.3 Å². The topological polar surface area (TPSA) is 120 Å². The van der Waals surface area contributed by atoms with Gasteiger partial charge in [0.25, 0.3) is 0 Å². The fourth-order valence-corrected chi connectivity index (χ4v) is 4.38. The standard InChI is InChI=1S/C26H28ClN3O6/c1-25(2,3)36-24(34)29-16-21(30(23(27)33)35-17-19-7-5-4-6-8-19)13-14-26(29,22(31)32)20-11-9-18(15-28)10-12-20/h4-12,21H,13-14,16-17H2,1-3H3,(H,31,32)/t21-,26+/m1/s1. The summed E-state index contributed by atoms with van der Waals surface area (Å²) in [6.07, 6.45) is -0.726. The fourth-order valence-electron chi connectivity index (χ4n) is 4.19. The highest BCUT2D eigenvalue weighted by Gasteiger charge is 2.54. The molecule has 0 spiro atoms. The zero-order valence-corrected chi connectivity index (χ0v) is 21.1. The largest absolute Gasteiger partial charge is 0.479 e. The number of nitriles is 1. The third-order valence-corrected chi connectivity index (χ3v) is 6.04. The second-order valence-corrected chi connectivity index (χ2v) is 9.80. The molecule has 1 N–H and O–H groups in total. The number of ether oxygens (including phenoxy) is 1. The van der Waals surface area contributed by atoms with Gasteiger partial charge in [0.1, 0.15) is 12.2 Å². The molecule has 190 valence electrons. The van der Waals surface area contributed by atoms with Crippen molar-refractivity contribution in [2.24, 2.45) is 0 Å². The summed E-state index contributed by atoms with van der Waals surface area (Å²) >= 11 is 5.84. The van der Waals surface area contributed by atoms with Crippen molar-refractivity contribution in [3.8, 4) is 6.07 Å². The van der Waals surface area contributed by atoms with Crippen LogP contribution in [0.1, 0.15) is 50.3 Å². The molecule has 1 fully saturated rings. The molecule has 0 radical (unpaired) electrons. The highest BCUT2D eigenvalue weighted by molar-refractivity contribution is 6.62. The first-order valence-electron chi connectivity index (χ1n) is 11.4. The maximum atomic E-state index is 13.4. The van der Waals surface area contributed by atoms with Gasteiger partial charge in [-0.15, -0.1) is 0 Å². The molecule has 3 rings (SSSR count). The number of hydrogen-bond donors (Lipinski definition) is 1. The first-order chi connectivity index (χ1) is 17.0. The van der Waals surface area contributed by atoms with Crippen LogP contribution < -0.4 is 0 Å². The van der Waals surface area contributed by atoms with E-state index in [0.717, 1.165) is 15.5 Å². The third kappa shape index (κ3) is 5.96. The molecule has 1 aliphatic rings. The Labute approximate surface area is 214 Å². The number of hydroxylamine groups is 2. The lowest BCUT2D eigenvalue weighted by Gasteiger charge is -2.48. The molecule has 36 heavy (non-hydrogen) atoms. The predicted octanol–water partition coefficient (Wildman–Crippen LogP) is 5.03. The fraction of sp³-hybridized carbons (Fsp3) is 0.385. The molecule has 9 nitrogen and oxygen atoms in total. The van der Waals surface area contributed by atoms with Crippen LogP contribution >= 0.6 is 11.6 Å². The zero-order valence-electron chi connectivity index (χ0n) is 20.3. The minimum absolute atomic E-state index is 0.0481. The van der Waals surface area contributed by atoms with Gasteiger partial charge in [-0.25, -0.2) is 14.7 Å². The molecular formula is C26H28ClN3O6. The smallest absolute Gasteiger partial charge is 0.411 e. The van der Waals surface area contributed by atoms with Crippen molar-refractivity contribution in [1.82, 2.24) is 9.96 Å². The number of nitrogens with zero attached hydrogens (tertiary/aromatic N) is 3. The lowest BCUT2D eigenvalue weighted by Crippen LogP contribution is -2.63. The molecule has 0 unspecified atom stereocenters. The van der Waals surface area contributed by atoms with E-state index in [9.17, 15) is 19.5 Å². The highest BCUT2D eigenvalue weighted by Crippen LogP contribution is 2.41. The Morgan fingerprint density at radius 3 is 2.33 bits per heavy atom. The van der Waals surface area contributed by atoms with Crippen molar-refractivity contribution in [1.29, 1.82) is 5.26 Å². The Balaban J connectivity index is 1.98. The average Bonchev–Trinajstić information content (AvgIpc) is 2.83. The molecular weight excluding hydrogens is 486 g/mol. The van der Waals surface area contributed by atoms with Crippen LogP contribution in [-0.4, -0.2) is 50.7 Å². The molecule has 0 aromatic heterocycles. The van der Waals surface area contributed by atoms with Crippen molar-refractivity contribution in [2.75, 3.05) is 6.54 Å². The summed E-state index contributed by atoms with van der Waals surface area (Å²) in [6.45, 7) is 4.88. The Morgan fingerprint density at radius 1 is 1.17 bits per heavy atom. The Bertz CT molecular complexity index is 1140. The molecule has 1 heterocycles. The summed E-state index contributed by atoms with van der Waals surface area (Å²) in [5, 5.41) is 19.7. The minimum Gasteiger partial charge on any atom is -0.479 e. The van der Waals surface area contributed by atoms with E-state index in [1.54, 1.807) is 20.8 Å². The summed E-state index contributed by atoms with van der Waals surface area (Å²) in [4.78, 5) is 45.2. The van der Waals surface area contributed by atoms with Gasteiger partial charge in [0.15, 0.2) is 5.54 Å². The van der Waals surface area contributed by atoms with E-state index in [2.05, 4.69) is 0 Å². The number of carbonyl (C=O) groups is 3. The molecule has 2 aromatic carbocycles. The molecule has 0 aliphatic carbocycles. The van der Waals surface area contributed by atoms with Crippen LogP contribution in [0.4, 0.5) is 9.59 Å². The van der Waals surface area contributed by atoms with Crippen LogP contribution in [-0.2, 0) is 26.5 Å². The number of rotatable bonds is 6. The predicted molar refractivity (Wildman–Crippen MR) is 131 cm³/mol. The number of halogens is 1. The van der Waals surface area contributed by atoms with Gasteiger partial charge in [0, 0.05) is 6.54 Å². The number of carboxylic acid groups (broad SMARTS) is 1. The monoisotopic (exact) mass is 513 g/mol. The lowest BCUT2D eigenvalue weighted by atomic mass is 9.79. The summed E-state index contributed by atoms with van der Waals surface area (Å²) in [5.74, 6) is -1.26. The van der Waals surface area contributed by atoms with E-state index in [4.69, 9.17) is 26.4 Å². The van der Waals surface area contributed by atoms with Crippen LogP contribution in [0.3, 0.4) is 0 Å². The number of carboxylic acids is 1. The number of piperidine rings is 1. The maximum Gasteiger partial charge on any atom is 0.411 e. The van der Waals surface area contributed by atoms with Gasteiger partial charge < -0.3 is 9.84 Å². The molecule has 0 bridgehead atoms. The Kier molecular flexibility index (Phi) is 8.23. The molecule has 2 amide bonds. The van der Waals surface area contributed by atoms with Gasteiger partial charge in [-0.2, -0.15) is 5.26 Å². The van der Waals surface area contributed by atoms with Crippen LogP contribution in [0, 0.1) is 11.3 Å². The summed E-state index contributed by atoms with van der Waals surface area (Å²) in [7, 11) is 0. The molecule has 2 atom stereocenters. The zero-order chi connectivity index (χ0) is 26.5. The molecule has 10 heteroatoms. The van der Waals surface area contributed by atoms with Gasteiger partial charge in [0.2, 0.25) is 0 Å². The molecule has 1 saturated heterocycles. The van der Waals surface area contributed by atoms with Crippen LogP contribution in [0.2, 0.25) is 0 Å². The van der Waals surface area contributed by atoms with Crippen LogP contribution in [0.25, 0.3) is 0 Å². The van der Waals surface area contributed by atoms with Crippen molar-refractivity contribution in [2.45, 2.75) is 57.4 Å². The number of likely N-dealkylation sites (tertiary alicyclic amines) is 1. The lowest BCUT2D eigenvalue weighted by molar-refractivity contribution is -0.177. The molecule has 2 aromatic rings. The third-order valence-electron chi connectivity index (χ3n) is 5.87. The maximum absolute atomic E-state index is 13.4. The number of amides is 2. The molecule has 1 aliphatic heterocycles. The Hall–Kier alpha value is -3.61. The summed E-state index contributed by atoms with van der Waals surface area (Å²) < 4.78 is 5.56. The average molecular weight is 514 g/mol. The SMILES string of the molecule is CC(C)(C)OC(=O)N1C[C@H](N(OCc2ccccc2)C(=O)Cl)CC[C@@]1(C(=O)O)c1ccc(C#N)cc1. The van der Waals surface area contributed by atoms with Gasteiger partial charge >= 0.3 is 17.4 Å². The van der Waals surface area contributed by atoms with Crippen molar-refractivity contribution in [3.05, 3.63) is 71.3 Å². The summed E-state index contributed by atoms with van der Waals surface area (Å²) in [6, 6.07) is 16.5. The summed E-state index contributed by atoms with van der Waals surface area (Å²) in [5.41, 5.74) is -1.21. The number of benzene rings is 2. The second kappa shape index (κ2) is 11.0. The number of carbonyl (C=O) groups excluding carboxylic acids is 2. The van der Waals surface area contributed by atoms with E-state index < -0.39 is 34.6 Å². The molecule has 0 saturated carbocycles. The number of hydrogen-bond acceptors (Lipinski definition) is 6. The van der Waals surface area contributed by atoms with Gasteiger partial charge in [-0.1, -0.05) is 42.5 Å². The van der Waals surface area contributed by atoms with Crippen LogP contribution in [0.15, 0.2) is 54.6 Å². The first kappa shape index (κ1) is 27.0. The first-order valence-corrected chi connectivity index (χ1v) is 11.8. The second-order valence-electron chi connectivity index (χ2n) is 9.48. The van der Waals surface area contributed by atoms with E-state index >= 15 is 0 Å². The van der Waals surface area contributed by atoms with E-state index in [1.807, 2.05) is 36.4 Å². The van der Waals surface area contributed by atoms with Crippen molar-refractivity contribution < 1.29 is 29.1 Å². The Morgan fingerprint density at radius 2 is 1.81 bits per heavy atom. The van der Waals surface area contributed by atoms with Crippen LogP contribution in [0.5, 0.6) is 0 Å². The van der Waals surface area contributed by atoms with Gasteiger partial charge in [-0.3, -0.25) is 14.5 Å². The van der Waals surface area contributed by atoms with E-state index in [-0.39, 0.29) is 26.0 Å². The quantitative estimate of drug-likeness (QED) is 0.326. The minimum atomic E-state index is -1.78. The highest BCUT2D eigenvalue weighted by atomic mass is 35.5.